The lowest BCUT2D eigenvalue weighted by atomic mass is 10.2. The summed E-state index contributed by atoms with van der Waals surface area (Å²) >= 11 is 3.24. The van der Waals surface area contributed by atoms with E-state index in [-0.39, 0.29) is 5.75 Å². The van der Waals surface area contributed by atoms with Crippen LogP contribution in [0.25, 0.3) is 0 Å². The van der Waals surface area contributed by atoms with Gasteiger partial charge in [-0.25, -0.2) is 0 Å². The van der Waals surface area contributed by atoms with Gasteiger partial charge in [0.25, 0.3) is 0 Å². The highest BCUT2D eigenvalue weighted by atomic mass is 79.9. The molecule has 0 fully saturated rings. The van der Waals surface area contributed by atoms with E-state index in [2.05, 4.69) is 20.9 Å². The van der Waals surface area contributed by atoms with Gasteiger partial charge in [-0.15, -0.1) is 0 Å². The third-order valence-corrected chi connectivity index (χ3v) is 4.49. The Morgan fingerprint density at radius 3 is 2.62 bits per heavy atom. The number of nitrogens with zero attached hydrogens (tertiary/aromatic N) is 1. The third-order valence-electron chi connectivity index (χ3n) is 2.15. The van der Waals surface area contributed by atoms with Gasteiger partial charge in [0.15, 0.2) is 0 Å². The van der Waals surface area contributed by atoms with Gasteiger partial charge in [-0.1, -0.05) is 0 Å². The quantitative estimate of drug-likeness (QED) is 0.923. The third kappa shape index (κ3) is 3.12. The number of carboxylic acid groups (broad SMARTS) is 1. The van der Waals surface area contributed by atoms with Gasteiger partial charge in [-0.05, 0) is 41.9 Å². The Morgan fingerprint density at radius 2 is 2.19 bits per heavy atom. The van der Waals surface area contributed by atoms with Crippen molar-refractivity contribution in [3.05, 3.63) is 28.5 Å². The summed E-state index contributed by atoms with van der Waals surface area (Å²) in [4.78, 5) is 14.9. The molecule has 0 amide bonds. The molecular weight excluding hydrogens is 294 g/mol. The van der Waals surface area contributed by atoms with Gasteiger partial charge < -0.3 is 5.11 Å². The van der Waals surface area contributed by atoms with Crippen molar-refractivity contribution in [2.24, 2.45) is 0 Å². The van der Waals surface area contributed by atoms with Gasteiger partial charge in [-0.2, -0.15) is 0 Å². The van der Waals surface area contributed by atoms with Crippen molar-refractivity contribution in [3.8, 4) is 0 Å². The summed E-state index contributed by atoms with van der Waals surface area (Å²) in [5, 5.41) is 8.91. The molecule has 0 saturated heterocycles. The number of rotatable bonds is 4. The fraction of sp³-hybridized carbons (Fsp3) is 0.400. The van der Waals surface area contributed by atoms with Gasteiger partial charge in [0.2, 0.25) is 0 Å². The van der Waals surface area contributed by atoms with Crippen LogP contribution in [0.15, 0.2) is 22.8 Å². The number of aliphatic carboxylic acids is 1. The zero-order valence-corrected chi connectivity index (χ0v) is 11.3. The summed E-state index contributed by atoms with van der Waals surface area (Å²) in [6.07, 6.45) is 1.60. The molecular formula is C10H12BrNO3S. The molecule has 1 N–H and O–H groups in total. The molecule has 16 heavy (non-hydrogen) atoms. The van der Waals surface area contributed by atoms with Crippen LogP contribution in [0.4, 0.5) is 0 Å². The maximum atomic E-state index is 11.8. The van der Waals surface area contributed by atoms with Crippen LogP contribution in [-0.4, -0.2) is 25.0 Å². The number of hydrogen-bond donors (Lipinski definition) is 1. The van der Waals surface area contributed by atoms with Crippen LogP contribution in [0, 0.1) is 0 Å². The first-order valence-electron chi connectivity index (χ1n) is 4.56. The lowest BCUT2D eigenvalue weighted by Gasteiger charge is -2.17. The highest BCUT2D eigenvalue weighted by molar-refractivity contribution is 9.10. The Hall–Kier alpha value is -0.750. The second kappa shape index (κ2) is 5.05. The topological polar surface area (TPSA) is 67.3 Å². The van der Waals surface area contributed by atoms with Crippen molar-refractivity contribution >= 4 is 32.7 Å². The number of hydrogen-bond acceptors (Lipinski definition) is 3. The van der Waals surface area contributed by atoms with Crippen molar-refractivity contribution in [1.29, 1.82) is 0 Å². The van der Waals surface area contributed by atoms with Crippen LogP contribution >= 0.6 is 15.9 Å². The number of halogens is 1. The summed E-state index contributed by atoms with van der Waals surface area (Å²) in [5.74, 6) is -0.921. The molecule has 1 unspecified atom stereocenters. The first-order valence-corrected chi connectivity index (χ1v) is 6.67. The molecule has 88 valence electrons. The van der Waals surface area contributed by atoms with E-state index in [1.165, 1.54) is 13.8 Å². The predicted molar refractivity (Wildman–Crippen MR) is 65.5 cm³/mol. The molecule has 0 saturated carbocycles. The van der Waals surface area contributed by atoms with Crippen LogP contribution in [-0.2, 0) is 21.3 Å². The number of aromatic nitrogens is 1. The highest BCUT2D eigenvalue weighted by Crippen LogP contribution is 2.17. The van der Waals surface area contributed by atoms with E-state index in [1.54, 1.807) is 18.3 Å². The van der Waals surface area contributed by atoms with Crippen molar-refractivity contribution in [2.75, 3.05) is 0 Å². The minimum absolute atomic E-state index is 0.145. The fourth-order valence-corrected chi connectivity index (χ4v) is 2.13. The SMILES string of the molecule is CC(C)(C(=O)O)S(=O)Cc1ccc(Br)cn1. The van der Waals surface area contributed by atoms with E-state index in [4.69, 9.17) is 5.11 Å². The average Bonchev–Trinajstić information content (AvgIpc) is 2.21. The maximum Gasteiger partial charge on any atom is 0.321 e. The van der Waals surface area contributed by atoms with Gasteiger partial charge in [0.05, 0.1) is 11.4 Å². The summed E-state index contributed by atoms with van der Waals surface area (Å²) in [7, 11) is -1.50. The summed E-state index contributed by atoms with van der Waals surface area (Å²) in [6.45, 7) is 2.90. The van der Waals surface area contributed by atoms with Crippen molar-refractivity contribution in [3.63, 3.8) is 0 Å². The summed E-state index contributed by atoms with van der Waals surface area (Å²) in [6, 6.07) is 3.51. The average molecular weight is 306 g/mol. The normalized spacial score (nSPS) is 13.4. The van der Waals surface area contributed by atoms with Crippen LogP contribution in [0.1, 0.15) is 19.5 Å². The molecule has 0 radical (unpaired) electrons. The van der Waals surface area contributed by atoms with Gasteiger partial charge in [0, 0.05) is 21.5 Å². The minimum Gasteiger partial charge on any atom is -0.480 e. The van der Waals surface area contributed by atoms with Crippen LogP contribution in [0.3, 0.4) is 0 Å². The van der Waals surface area contributed by atoms with Crippen LogP contribution in [0.2, 0.25) is 0 Å². The molecule has 0 aliphatic heterocycles. The molecule has 4 nitrogen and oxygen atoms in total. The Balaban J connectivity index is 2.79. The van der Waals surface area contributed by atoms with Crippen molar-refractivity contribution < 1.29 is 14.1 Å². The van der Waals surface area contributed by atoms with Crippen LogP contribution in [0.5, 0.6) is 0 Å². The molecule has 1 aromatic rings. The molecule has 0 aromatic carbocycles. The largest absolute Gasteiger partial charge is 0.480 e. The monoisotopic (exact) mass is 305 g/mol. The molecule has 6 heteroatoms. The van der Waals surface area contributed by atoms with E-state index >= 15 is 0 Å². The Labute approximate surface area is 105 Å². The van der Waals surface area contributed by atoms with Gasteiger partial charge >= 0.3 is 5.97 Å². The fourth-order valence-electron chi connectivity index (χ4n) is 0.904. The van der Waals surface area contributed by atoms with E-state index < -0.39 is 21.5 Å². The second-order valence-electron chi connectivity index (χ2n) is 3.77. The molecule has 1 aromatic heterocycles. The van der Waals surface area contributed by atoms with E-state index in [0.717, 1.165) is 4.47 Å². The van der Waals surface area contributed by atoms with Crippen LogP contribution < -0.4 is 0 Å². The molecule has 1 heterocycles. The summed E-state index contributed by atoms with van der Waals surface area (Å²) < 4.78 is 11.4. The molecule has 0 bridgehead atoms. The molecule has 0 aliphatic carbocycles. The molecule has 1 rings (SSSR count). The molecule has 0 aliphatic rings. The first-order chi connectivity index (χ1) is 7.34. The van der Waals surface area contributed by atoms with E-state index in [0.29, 0.717) is 5.69 Å². The van der Waals surface area contributed by atoms with Crippen molar-refractivity contribution in [2.45, 2.75) is 24.3 Å². The Bertz CT molecular complexity index is 417. The molecule has 1 atom stereocenters. The Morgan fingerprint density at radius 1 is 1.56 bits per heavy atom. The molecule has 0 spiro atoms. The zero-order valence-electron chi connectivity index (χ0n) is 8.94. The smallest absolute Gasteiger partial charge is 0.321 e. The lowest BCUT2D eigenvalue weighted by Crippen LogP contribution is -2.37. The van der Waals surface area contributed by atoms with Crippen molar-refractivity contribution in [1.82, 2.24) is 4.98 Å². The minimum atomic E-state index is -1.50. The number of carboxylic acids is 1. The lowest BCUT2D eigenvalue weighted by molar-refractivity contribution is -0.139. The number of carbonyl (C=O) groups is 1. The zero-order chi connectivity index (χ0) is 12.3. The predicted octanol–water partition coefficient (Wildman–Crippen LogP) is 1.96. The van der Waals surface area contributed by atoms with Gasteiger partial charge in [-0.3, -0.25) is 14.0 Å². The van der Waals surface area contributed by atoms with E-state index in [1.807, 2.05) is 0 Å². The summed E-state index contributed by atoms with van der Waals surface area (Å²) in [5.41, 5.74) is 0.621. The highest BCUT2D eigenvalue weighted by Gasteiger charge is 2.34. The van der Waals surface area contributed by atoms with E-state index in [9.17, 15) is 9.00 Å². The first kappa shape index (κ1) is 13.3. The maximum absolute atomic E-state index is 11.8. The Kier molecular flexibility index (Phi) is 4.21. The number of pyridine rings is 1. The standard InChI is InChI=1S/C10H12BrNO3S/c1-10(2,9(13)14)16(15)6-8-4-3-7(11)5-12-8/h3-5H,6H2,1-2H3,(H,13,14). The second-order valence-corrected chi connectivity index (χ2v) is 6.69. The van der Waals surface area contributed by atoms with Gasteiger partial charge in [0.1, 0.15) is 4.75 Å².